The van der Waals surface area contributed by atoms with Gasteiger partial charge in [0.2, 0.25) is 0 Å². The Morgan fingerprint density at radius 3 is 2.86 bits per heavy atom. The molecule has 22 heavy (non-hydrogen) atoms. The predicted molar refractivity (Wildman–Crippen MR) is 83.2 cm³/mol. The summed E-state index contributed by atoms with van der Waals surface area (Å²) in [6.07, 6.45) is 2.57. The van der Waals surface area contributed by atoms with Gasteiger partial charge in [-0.05, 0) is 41.5 Å². The maximum absolute atomic E-state index is 13.8. The number of hydrogen-bond acceptors (Lipinski definition) is 4. The number of rotatable bonds is 6. The summed E-state index contributed by atoms with van der Waals surface area (Å²) >= 11 is 1.62. The van der Waals surface area contributed by atoms with Gasteiger partial charge in [0.1, 0.15) is 18.2 Å². The molecule has 3 aromatic rings. The van der Waals surface area contributed by atoms with Crippen LogP contribution in [0.3, 0.4) is 0 Å². The molecule has 114 valence electrons. The number of nitrogens with one attached hydrogen (secondary N) is 1. The molecule has 0 bridgehead atoms. The van der Waals surface area contributed by atoms with Crippen LogP contribution in [0.1, 0.15) is 34.4 Å². The molecule has 0 aliphatic carbocycles. The molecule has 2 aromatic heterocycles. The summed E-state index contributed by atoms with van der Waals surface area (Å²) in [6, 6.07) is 8.87. The van der Waals surface area contributed by atoms with Crippen molar-refractivity contribution in [3.05, 3.63) is 69.7 Å². The van der Waals surface area contributed by atoms with Crippen molar-refractivity contribution < 1.29 is 9.50 Å². The van der Waals surface area contributed by atoms with Crippen LogP contribution in [-0.4, -0.2) is 20.3 Å². The number of aromatic amines is 1. The minimum atomic E-state index is -0.663. The second-order valence-corrected chi connectivity index (χ2v) is 6.06. The Morgan fingerprint density at radius 2 is 2.09 bits per heavy atom. The van der Waals surface area contributed by atoms with Gasteiger partial charge in [-0.25, -0.2) is 9.37 Å². The fraction of sp³-hybridized carbons (Fsp3) is 0.250. The molecule has 0 fully saturated rings. The van der Waals surface area contributed by atoms with Crippen LogP contribution in [0.4, 0.5) is 4.39 Å². The highest BCUT2D eigenvalue weighted by molar-refractivity contribution is 7.10. The van der Waals surface area contributed by atoms with Crippen molar-refractivity contribution in [3.63, 3.8) is 0 Å². The van der Waals surface area contributed by atoms with Crippen LogP contribution in [0.15, 0.2) is 42.0 Å². The van der Waals surface area contributed by atoms with E-state index in [9.17, 15) is 9.50 Å². The zero-order chi connectivity index (χ0) is 15.4. The van der Waals surface area contributed by atoms with Crippen molar-refractivity contribution >= 4 is 11.3 Å². The molecule has 0 saturated heterocycles. The van der Waals surface area contributed by atoms with E-state index >= 15 is 0 Å². The average molecular weight is 317 g/mol. The summed E-state index contributed by atoms with van der Waals surface area (Å²) in [5.74, 6) is 0.300. The second kappa shape index (κ2) is 6.81. The molecule has 2 N–H and O–H groups in total. The predicted octanol–water partition coefficient (Wildman–Crippen LogP) is 3.26. The van der Waals surface area contributed by atoms with Gasteiger partial charge in [-0.3, -0.25) is 5.10 Å². The molecule has 0 radical (unpaired) electrons. The van der Waals surface area contributed by atoms with E-state index in [4.69, 9.17) is 0 Å². The van der Waals surface area contributed by atoms with Crippen LogP contribution in [0.5, 0.6) is 0 Å². The third kappa shape index (κ3) is 3.40. The summed E-state index contributed by atoms with van der Waals surface area (Å²) in [4.78, 5) is 5.09. The highest BCUT2D eigenvalue weighted by Gasteiger charge is 2.13. The van der Waals surface area contributed by atoms with Gasteiger partial charge in [0.25, 0.3) is 0 Å². The highest BCUT2D eigenvalue weighted by Crippen LogP contribution is 2.25. The van der Waals surface area contributed by atoms with Crippen molar-refractivity contribution in [2.75, 3.05) is 0 Å². The van der Waals surface area contributed by atoms with Crippen LogP contribution in [0.25, 0.3) is 0 Å². The molecule has 0 spiro atoms. The molecule has 1 atom stereocenters. The Morgan fingerprint density at radius 1 is 1.23 bits per heavy atom. The van der Waals surface area contributed by atoms with Crippen LogP contribution >= 0.6 is 11.3 Å². The molecule has 0 amide bonds. The first kappa shape index (κ1) is 14.9. The molecule has 2 heterocycles. The zero-order valence-corrected chi connectivity index (χ0v) is 12.7. The lowest BCUT2D eigenvalue weighted by atomic mass is 10.0. The number of nitrogens with zero attached hydrogens (tertiary/aromatic N) is 2. The number of aryl methyl sites for hydroxylation is 1. The van der Waals surface area contributed by atoms with Crippen molar-refractivity contribution in [1.82, 2.24) is 15.2 Å². The first-order valence-electron chi connectivity index (χ1n) is 7.06. The van der Waals surface area contributed by atoms with E-state index in [0.717, 1.165) is 16.9 Å². The number of hydrogen-bond donors (Lipinski definition) is 2. The van der Waals surface area contributed by atoms with Gasteiger partial charge in [0, 0.05) is 11.3 Å². The van der Waals surface area contributed by atoms with Crippen LogP contribution < -0.4 is 0 Å². The molecule has 1 unspecified atom stereocenters. The van der Waals surface area contributed by atoms with Crippen molar-refractivity contribution in [2.24, 2.45) is 0 Å². The SMILES string of the molecule is OC(CCc1ccsc1Cc1ccccc1F)c1ncn[nH]1. The lowest BCUT2D eigenvalue weighted by Crippen LogP contribution is -2.03. The molecule has 6 heteroatoms. The smallest absolute Gasteiger partial charge is 0.153 e. The molecule has 0 saturated carbocycles. The average Bonchev–Trinajstić information content (AvgIpc) is 3.19. The third-order valence-corrected chi connectivity index (χ3v) is 4.55. The Labute approximate surface area is 131 Å². The van der Waals surface area contributed by atoms with Gasteiger partial charge < -0.3 is 5.11 Å². The zero-order valence-electron chi connectivity index (χ0n) is 11.9. The largest absolute Gasteiger partial charge is 0.385 e. The first-order chi connectivity index (χ1) is 10.7. The minimum absolute atomic E-state index is 0.177. The van der Waals surface area contributed by atoms with Gasteiger partial charge in [0.05, 0.1) is 0 Å². The maximum Gasteiger partial charge on any atom is 0.153 e. The van der Waals surface area contributed by atoms with Crippen LogP contribution in [0.2, 0.25) is 0 Å². The fourth-order valence-corrected chi connectivity index (χ4v) is 3.32. The number of halogens is 1. The molecule has 1 aromatic carbocycles. The van der Waals surface area contributed by atoms with Crippen LogP contribution in [-0.2, 0) is 12.8 Å². The maximum atomic E-state index is 13.8. The van der Waals surface area contributed by atoms with E-state index < -0.39 is 6.10 Å². The number of aromatic nitrogens is 3. The Hall–Kier alpha value is -2.05. The molecule has 4 nitrogen and oxygen atoms in total. The third-order valence-electron chi connectivity index (χ3n) is 3.58. The fourth-order valence-electron chi connectivity index (χ4n) is 2.36. The van der Waals surface area contributed by atoms with E-state index in [2.05, 4.69) is 15.2 Å². The van der Waals surface area contributed by atoms with E-state index in [1.807, 2.05) is 23.6 Å². The van der Waals surface area contributed by atoms with Crippen molar-refractivity contribution in [2.45, 2.75) is 25.4 Å². The van der Waals surface area contributed by atoms with Gasteiger partial charge in [-0.2, -0.15) is 5.10 Å². The van der Waals surface area contributed by atoms with Gasteiger partial charge >= 0.3 is 0 Å². The molecular formula is C16H16FN3OS. The lowest BCUT2D eigenvalue weighted by Gasteiger charge is -2.08. The number of benzene rings is 1. The van der Waals surface area contributed by atoms with E-state index in [1.165, 1.54) is 12.4 Å². The van der Waals surface area contributed by atoms with Crippen LogP contribution in [0, 0.1) is 5.82 Å². The monoisotopic (exact) mass is 317 g/mol. The summed E-state index contributed by atoms with van der Waals surface area (Å²) in [6.45, 7) is 0. The summed E-state index contributed by atoms with van der Waals surface area (Å²) in [5, 5.41) is 18.5. The first-order valence-corrected chi connectivity index (χ1v) is 7.94. The quantitative estimate of drug-likeness (QED) is 0.733. The summed E-state index contributed by atoms with van der Waals surface area (Å²) in [5.41, 5.74) is 1.84. The van der Waals surface area contributed by atoms with E-state index in [1.54, 1.807) is 17.4 Å². The molecule has 0 aliphatic heterocycles. The molecular weight excluding hydrogens is 301 g/mol. The summed E-state index contributed by atoms with van der Waals surface area (Å²) in [7, 11) is 0. The second-order valence-electron chi connectivity index (χ2n) is 5.06. The topological polar surface area (TPSA) is 61.8 Å². The van der Waals surface area contributed by atoms with Gasteiger partial charge in [0.15, 0.2) is 5.82 Å². The number of aliphatic hydroxyl groups is 1. The minimum Gasteiger partial charge on any atom is -0.385 e. The van der Waals surface area contributed by atoms with Crippen molar-refractivity contribution in [1.29, 1.82) is 0 Å². The Balaban J connectivity index is 1.66. The lowest BCUT2D eigenvalue weighted by molar-refractivity contribution is 0.158. The molecule has 3 rings (SSSR count). The van der Waals surface area contributed by atoms with E-state index in [-0.39, 0.29) is 5.82 Å². The highest BCUT2D eigenvalue weighted by atomic mass is 32.1. The molecule has 0 aliphatic rings. The number of aliphatic hydroxyl groups excluding tert-OH is 1. The Bertz CT molecular complexity index is 727. The van der Waals surface area contributed by atoms with Gasteiger partial charge in [-0.1, -0.05) is 18.2 Å². The standard InChI is InChI=1S/C16H16FN3OS/c17-13-4-2-1-3-12(13)9-15-11(7-8-22-15)5-6-14(21)16-18-10-19-20-16/h1-4,7-8,10,14,21H,5-6,9H2,(H,18,19,20). The normalized spacial score (nSPS) is 12.5. The summed E-state index contributed by atoms with van der Waals surface area (Å²) < 4.78 is 13.8. The number of thiophene rings is 1. The van der Waals surface area contributed by atoms with Gasteiger partial charge in [-0.15, -0.1) is 11.3 Å². The number of H-pyrrole nitrogens is 1. The Kier molecular flexibility index (Phi) is 4.60. The van der Waals surface area contributed by atoms with E-state index in [0.29, 0.717) is 24.2 Å². The van der Waals surface area contributed by atoms with Crippen molar-refractivity contribution in [3.8, 4) is 0 Å².